The van der Waals surface area contributed by atoms with Crippen molar-refractivity contribution < 1.29 is 0 Å². The number of anilines is 2. The van der Waals surface area contributed by atoms with Crippen LogP contribution in [0.5, 0.6) is 0 Å². The minimum absolute atomic E-state index is 0.848. The zero-order valence-electron chi connectivity index (χ0n) is 38.9. The lowest BCUT2D eigenvalue weighted by atomic mass is 9.92. The van der Waals surface area contributed by atoms with Crippen molar-refractivity contribution in [1.29, 1.82) is 0 Å². The molecule has 0 unspecified atom stereocenters. The van der Waals surface area contributed by atoms with Crippen molar-refractivity contribution in [2.24, 2.45) is 0 Å². The molecular weight excluding hydrogens is 725 g/mol. The average Bonchev–Trinajstić information content (AvgIpc) is 3.26. The van der Waals surface area contributed by atoms with Gasteiger partial charge in [0.25, 0.3) is 0 Å². The van der Waals surface area contributed by atoms with E-state index in [4.69, 9.17) is 11.5 Å². The van der Waals surface area contributed by atoms with Crippen molar-refractivity contribution in [2.45, 2.75) is 219 Å². The number of hydrogen-bond donors (Lipinski definition) is 2. The molecule has 0 aliphatic rings. The molecule has 0 radical (unpaired) electrons. The Hall–Kier alpha value is -3.52. The fourth-order valence-electron chi connectivity index (χ4n) is 9.16. The van der Waals surface area contributed by atoms with Crippen LogP contribution in [0, 0.1) is 0 Å². The molecule has 4 rings (SSSR count). The first-order valence-corrected chi connectivity index (χ1v) is 25.4. The number of hydrogen-bond acceptors (Lipinski definition) is 2. The van der Waals surface area contributed by atoms with Crippen LogP contribution in [-0.4, -0.2) is 0 Å². The molecule has 330 valence electrons. The molecule has 0 bridgehead atoms. The van der Waals surface area contributed by atoms with Gasteiger partial charge in [-0.2, -0.15) is 0 Å². The standard InChI is InChI=1S/C58H88N2/c1-3-5-7-21-27-31-53-45-49(33-39-55(53)47-51-35-41-57(59)42-36-51)29-25-23-19-17-15-13-11-9-10-12-14-16-18-20-24-26-30-50-34-40-56(48-52-37-43-58(60)44-38-52)54(46-50)32-28-22-8-6-4-2/h33-46H,3-32,47-48,59-60H2,1-2H3. The van der Waals surface area contributed by atoms with Gasteiger partial charge in [-0.05, 0) is 133 Å². The summed E-state index contributed by atoms with van der Waals surface area (Å²) < 4.78 is 0. The van der Waals surface area contributed by atoms with Gasteiger partial charge < -0.3 is 11.5 Å². The maximum atomic E-state index is 5.95. The highest BCUT2D eigenvalue weighted by Gasteiger charge is 2.09. The maximum absolute atomic E-state index is 5.95. The minimum atomic E-state index is 0.848. The highest BCUT2D eigenvalue weighted by Crippen LogP contribution is 2.24. The summed E-state index contributed by atoms with van der Waals surface area (Å²) in [6.45, 7) is 4.60. The second-order valence-electron chi connectivity index (χ2n) is 18.5. The van der Waals surface area contributed by atoms with Crippen molar-refractivity contribution in [3.8, 4) is 0 Å². The van der Waals surface area contributed by atoms with Gasteiger partial charge in [0.05, 0.1) is 0 Å². The highest BCUT2D eigenvalue weighted by atomic mass is 14.5. The van der Waals surface area contributed by atoms with Gasteiger partial charge in [0, 0.05) is 11.4 Å². The third-order valence-electron chi connectivity index (χ3n) is 13.1. The van der Waals surface area contributed by atoms with Gasteiger partial charge in [0.1, 0.15) is 0 Å². The molecule has 0 saturated heterocycles. The summed E-state index contributed by atoms with van der Waals surface area (Å²) in [5, 5.41) is 0. The molecule has 4 aromatic rings. The molecule has 2 heteroatoms. The lowest BCUT2D eigenvalue weighted by Gasteiger charge is -2.13. The summed E-state index contributed by atoms with van der Waals surface area (Å²) in [4.78, 5) is 0. The Bertz CT molecular complexity index is 1530. The Balaban J connectivity index is 0.988. The maximum Gasteiger partial charge on any atom is 0.0314 e. The Morgan fingerprint density at radius 3 is 0.850 bits per heavy atom. The van der Waals surface area contributed by atoms with Crippen LogP contribution in [0.4, 0.5) is 11.4 Å². The topological polar surface area (TPSA) is 52.0 Å². The molecule has 0 amide bonds. The van der Waals surface area contributed by atoms with E-state index < -0.39 is 0 Å². The van der Waals surface area contributed by atoms with Gasteiger partial charge >= 0.3 is 0 Å². The Labute approximate surface area is 370 Å². The molecule has 0 aromatic heterocycles. The summed E-state index contributed by atoms with van der Waals surface area (Å²) in [5.74, 6) is 0. The van der Waals surface area contributed by atoms with E-state index in [0.29, 0.717) is 0 Å². The van der Waals surface area contributed by atoms with Crippen LogP contribution in [0.15, 0.2) is 84.9 Å². The molecule has 60 heavy (non-hydrogen) atoms. The second-order valence-corrected chi connectivity index (χ2v) is 18.5. The summed E-state index contributed by atoms with van der Waals surface area (Å²) in [6.07, 6.45) is 42.8. The third-order valence-corrected chi connectivity index (χ3v) is 13.1. The summed E-state index contributed by atoms with van der Waals surface area (Å²) in [6, 6.07) is 31.7. The van der Waals surface area contributed by atoms with Crippen LogP contribution in [0.1, 0.15) is 225 Å². The van der Waals surface area contributed by atoms with Crippen LogP contribution < -0.4 is 11.5 Å². The molecule has 4 N–H and O–H groups in total. The van der Waals surface area contributed by atoms with Gasteiger partial charge in [-0.15, -0.1) is 0 Å². The molecule has 0 fully saturated rings. The van der Waals surface area contributed by atoms with E-state index in [1.165, 1.54) is 215 Å². The van der Waals surface area contributed by atoms with Crippen molar-refractivity contribution in [3.05, 3.63) is 129 Å². The van der Waals surface area contributed by atoms with E-state index in [9.17, 15) is 0 Å². The summed E-state index contributed by atoms with van der Waals surface area (Å²) in [5.41, 5.74) is 25.6. The van der Waals surface area contributed by atoms with Gasteiger partial charge in [0.2, 0.25) is 0 Å². The molecular formula is C58H88N2. The van der Waals surface area contributed by atoms with Gasteiger partial charge in [-0.25, -0.2) is 0 Å². The van der Waals surface area contributed by atoms with Gasteiger partial charge in [-0.1, -0.05) is 216 Å². The number of unbranched alkanes of at least 4 members (excludes halogenated alkanes) is 23. The van der Waals surface area contributed by atoms with Crippen molar-refractivity contribution in [1.82, 2.24) is 0 Å². The van der Waals surface area contributed by atoms with E-state index in [1.807, 2.05) is 24.3 Å². The number of nitrogens with two attached hydrogens (primary N) is 2. The lowest BCUT2D eigenvalue weighted by Crippen LogP contribution is -1.99. The molecule has 4 aromatic carbocycles. The van der Waals surface area contributed by atoms with Crippen molar-refractivity contribution in [2.75, 3.05) is 11.5 Å². The van der Waals surface area contributed by atoms with Crippen LogP contribution in [0.2, 0.25) is 0 Å². The van der Waals surface area contributed by atoms with E-state index >= 15 is 0 Å². The van der Waals surface area contributed by atoms with E-state index in [1.54, 1.807) is 22.3 Å². The lowest BCUT2D eigenvalue weighted by molar-refractivity contribution is 0.528. The first-order valence-electron chi connectivity index (χ1n) is 25.4. The van der Waals surface area contributed by atoms with Crippen LogP contribution in [-0.2, 0) is 38.5 Å². The Morgan fingerprint density at radius 1 is 0.267 bits per heavy atom. The normalized spacial score (nSPS) is 11.4. The minimum Gasteiger partial charge on any atom is -0.399 e. The molecule has 0 aliphatic carbocycles. The molecule has 0 atom stereocenters. The predicted molar refractivity (Wildman–Crippen MR) is 266 cm³/mol. The van der Waals surface area contributed by atoms with Crippen molar-refractivity contribution >= 4 is 11.4 Å². The average molecular weight is 813 g/mol. The van der Waals surface area contributed by atoms with Crippen molar-refractivity contribution in [3.63, 3.8) is 0 Å². The number of aryl methyl sites for hydroxylation is 4. The quantitative estimate of drug-likeness (QED) is 0.0359. The first-order chi connectivity index (χ1) is 29.5. The molecule has 0 saturated carbocycles. The Morgan fingerprint density at radius 2 is 0.533 bits per heavy atom. The summed E-state index contributed by atoms with van der Waals surface area (Å²) in [7, 11) is 0. The SMILES string of the molecule is CCCCCCCc1cc(CCCCCCCCCCCCCCCCCCc2ccc(Cc3ccc(N)cc3)c(CCCCCCC)c2)ccc1Cc1ccc(N)cc1. The predicted octanol–water partition coefficient (Wildman–Crippen LogP) is 17.1. The van der Waals surface area contributed by atoms with Crippen LogP contribution in [0.25, 0.3) is 0 Å². The Kier molecular flexibility index (Phi) is 25.7. The molecule has 0 heterocycles. The highest BCUT2D eigenvalue weighted by molar-refractivity contribution is 5.43. The van der Waals surface area contributed by atoms with Gasteiger partial charge in [0.15, 0.2) is 0 Å². The van der Waals surface area contributed by atoms with E-state index in [0.717, 1.165) is 24.2 Å². The number of nitrogen functional groups attached to an aromatic ring is 2. The zero-order valence-corrected chi connectivity index (χ0v) is 38.9. The van der Waals surface area contributed by atoms with E-state index in [2.05, 4.69) is 74.5 Å². The fourth-order valence-corrected chi connectivity index (χ4v) is 9.16. The largest absolute Gasteiger partial charge is 0.399 e. The first kappa shape index (κ1) is 49.1. The third kappa shape index (κ3) is 21.3. The zero-order chi connectivity index (χ0) is 42.3. The number of rotatable bonds is 35. The van der Waals surface area contributed by atoms with Gasteiger partial charge in [-0.3, -0.25) is 0 Å². The fraction of sp³-hybridized carbons (Fsp3) is 0.586. The second kappa shape index (κ2) is 31.3. The van der Waals surface area contributed by atoms with E-state index in [-0.39, 0.29) is 0 Å². The smallest absolute Gasteiger partial charge is 0.0314 e. The molecule has 0 spiro atoms. The van der Waals surface area contributed by atoms with Crippen LogP contribution in [0.3, 0.4) is 0 Å². The molecule has 0 aliphatic heterocycles. The number of benzene rings is 4. The monoisotopic (exact) mass is 813 g/mol. The summed E-state index contributed by atoms with van der Waals surface area (Å²) >= 11 is 0. The van der Waals surface area contributed by atoms with Crippen LogP contribution >= 0.6 is 0 Å². The molecule has 2 nitrogen and oxygen atoms in total.